The summed E-state index contributed by atoms with van der Waals surface area (Å²) in [6.07, 6.45) is 0. The van der Waals surface area contributed by atoms with Gasteiger partial charge in [0.25, 0.3) is 0 Å². The monoisotopic (exact) mass is 294 g/mol. The lowest BCUT2D eigenvalue weighted by Gasteiger charge is -2.18. The summed E-state index contributed by atoms with van der Waals surface area (Å²) >= 11 is 0. The number of hydrogen-bond acceptors (Lipinski definition) is 5. The molecule has 0 aliphatic heterocycles. The van der Waals surface area contributed by atoms with E-state index >= 15 is 0 Å². The van der Waals surface area contributed by atoms with Gasteiger partial charge in [-0.15, -0.1) is 0 Å². The van der Waals surface area contributed by atoms with E-state index in [4.69, 9.17) is 9.47 Å². The minimum absolute atomic E-state index is 0.0253. The van der Waals surface area contributed by atoms with Crippen LogP contribution in [-0.2, 0) is 0 Å². The molecule has 1 aromatic carbocycles. The molecule has 0 heterocycles. The molecule has 1 N–H and O–H groups in total. The van der Waals surface area contributed by atoms with Crippen molar-refractivity contribution in [3.05, 3.63) is 17.2 Å². The molecular formula is C16H22O5. The molecule has 0 amide bonds. The summed E-state index contributed by atoms with van der Waals surface area (Å²) in [5.74, 6) is -1.22. The van der Waals surface area contributed by atoms with Crippen LogP contribution in [0.1, 0.15) is 48.4 Å². The Balaban J connectivity index is 3.69. The lowest BCUT2D eigenvalue weighted by molar-refractivity contribution is 0.0929. The maximum Gasteiger partial charge on any atom is 0.172 e. The molecule has 0 saturated heterocycles. The van der Waals surface area contributed by atoms with Crippen LogP contribution < -0.4 is 9.47 Å². The molecule has 116 valence electrons. The molecule has 0 aliphatic carbocycles. The van der Waals surface area contributed by atoms with E-state index in [1.807, 2.05) is 0 Å². The first-order valence-corrected chi connectivity index (χ1v) is 6.82. The van der Waals surface area contributed by atoms with E-state index in [-0.39, 0.29) is 51.8 Å². The number of hydrogen-bond donors (Lipinski definition) is 1. The Morgan fingerprint density at radius 1 is 0.905 bits per heavy atom. The molecule has 0 spiro atoms. The zero-order valence-corrected chi connectivity index (χ0v) is 13.3. The lowest BCUT2D eigenvalue weighted by atomic mass is 9.92. The van der Waals surface area contributed by atoms with Gasteiger partial charge in [0.1, 0.15) is 28.4 Å². The predicted molar refractivity (Wildman–Crippen MR) is 79.5 cm³/mol. The van der Waals surface area contributed by atoms with Crippen molar-refractivity contribution in [1.82, 2.24) is 0 Å². The third kappa shape index (κ3) is 3.17. The summed E-state index contributed by atoms with van der Waals surface area (Å²) in [4.78, 5) is 24.6. The van der Waals surface area contributed by atoms with Crippen LogP contribution in [0.15, 0.2) is 6.07 Å². The van der Waals surface area contributed by atoms with Gasteiger partial charge in [0.05, 0.1) is 14.2 Å². The van der Waals surface area contributed by atoms with Crippen molar-refractivity contribution in [1.29, 1.82) is 0 Å². The van der Waals surface area contributed by atoms with Crippen molar-refractivity contribution in [2.45, 2.75) is 27.7 Å². The SMILES string of the molecule is COc1cc(OC)c(C(=O)C(C)C)c(O)c1C(=O)C(C)C. The Morgan fingerprint density at radius 2 is 1.24 bits per heavy atom. The second-order valence-corrected chi connectivity index (χ2v) is 5.42. The van der Waals surface area contributed by atoms with Crippen molar-refractivity contribution >= 4 is 11.6 Å². The van der Waals surface area contributed by atoms with E-state index in [0.29, 0.717) is 0 Å². The highest BCUT2D eigenvalue weighted by Gasteiger charge is 2.29. The van der Waals surface area contributed by atoms with Crippen molar-refractivity contribution in [2.24, 2.45) is 11.8 Å². The summed E-state index contributed by atoms with van der Waals surface area (Å²) < 4.78 is 10.3. The summed E-state index contributed by atoms with van der Waals surface area (Å²) in [5, 5.41) is 10.4. The summed E-state index contributed by atoms with van der Waals surface area (Å²) in [7, 11) is 2.80. The van der Waals surface area contributed by atoms with Crippen LogP contribution in [0.25, 0.3) is 0 Å². The number of phenols is 1. The average molecular weight is 294 g/mol. The number of benzene rings is 1. The number of ketones is 2. The molecule has 0 aromatic heterocycles. The van der Waals surface area contributed by atoms with E-state index < -0.39 is 0 Å². The molecule has 0 saturated carbocycles. The molecular weight excluding hydrogens is 272 g/mol. The zero-order valence-electron chi connectivity index (χ0n) is 13.3. The normalized spacial score (nSPS) is 10.9. The number of carbonyl (C=O) groups is 2. The van der Waals surface area contributed by atoms with Crippen LogP contribution in [0.5, 0.6) is 17.2 Å². The first-order valence-electron chi connectivity index (χ1n) is 6.82. The fraction of sp³-hybridized carbons (Fsp3) is 0.500. The molecule has 0 unspecified atom stereocenters. The highest BCUT2D eigenvalue weighted by Crippen LogP contribution is 2.40. The lowest BCUT2D eigenvalue weighted by Crippen LogP contribution is -2.15. The molecule has 0 aliphatic rings. The molecule has 0 fully saturated rings. The minimum atomic E-state index is -0.372. The fourth-order valence-electron chi connectivity index (χ4n) is 2.00. The second-order valence-electron chi connectivity index (χ2n) is 5.42. The van der Waals surface area contributed by atoms with Gasteiger partial charge in [-0.25, -0.2) is 0 Å². The summed E-state index contributed by atoms with van der Waals surface area (Å²) in [6, 6.07) is 1.46. The molecule has 5 heteroatoms. The van der Waals surface area contributed by atoms with E-state index in [1.165, 1.54) is 20.3 Å². The fourth-order valence-corrected chi connectivity index (χ4v) is 2.00. The van der Waals surface area contributed by atoms with Crippen molar-refractivity contribution < 1.29 is 24.2 Å². The summed E-state index contributed by atoms with van der Waals surface area (Å²) in [6.45, 7) is 6.87. The van der Waals surface area contributed by atoms with Gasteiger partial charge in [-0.2, -0.15) is 0 Å². The van der Waals surface area contributed by atoms with Crippen LogP contribution in [0, 0.1) is 11.8 Å². The smallest absolute Gasteiger partial charge is 0.172 e. The number of methoxy groups -OCH3 is 2. The summed E-state index contributed by atoms with van der Waals surface area (Å²) in [5.41, 5.74) is 0.0506. The molecule has 5 nitrogen and oxygen atoms in total. The van der Waals surface area contributed by atoms with Crippen molar-refractivity contribution in [3.8, 4) is 17.2 Å². The Morgan fingerprint density at radius 3 is 1.48 bits per heavy atom. The zero-order chi connectivity index (χ0) is 16.3. The van der Waals surface area contributed by atoms with Crippen LogP contribution >= 0.6 is 0 Å². The van der Waals surface area contributed by atoms with Crippen molar-refractivity contribution in [2.75, 3.05) is 14.2 Å². The Kier molecular flexibility index (Phi) is 5.35. The van der Waals surface area contributed by atoms with Gasteiger partial charge in [-0.1, -0.05) is 27.7 Å². The topological polar surface area (TPSA) is 72.8 Å². The molecule has 1 aromatic rings. The predicted octanol–water partition coefficient (Wildman–Crippen LogP) is 3.09. The van der Waals surface area contributed by atoms with Gasteiger partial charge < -0.3 is 14.6 Å². The number of Topliss-reactive ketones (excluding diaryl/α,β-unsaturated/α-hetero) is 2. The Bertz CT molecular complexity index is 512. The van der Waals surface area contributed by atoms with Gasteiger partial charge in [0, 0.05) is 17.9 Å². The number of aromatic hydroxyl groups is 1. The largest absolute Gasteiger partial charge is 0.506 e. The Labute approximate surface area is 124 Å². The van der Waals surface area contributed by atoms with Gasteiger partial charge >= 0.3 is 0 Å². The first kappa shape index (κ1) is 17.0. The van der Waals surface area contributed by atoms with E-state index in [1.54, 1.807) is 27.7 Å². The number of ether oxygens (including phenoxy) is 2. The van der Waals surface area contributed by atoms with Gasteiger partial charge in [-0.05, 0) is 0 Å². The second kappa shape index (κ2) is 6.61. The van der Waals surface area contributed by atoms with E-state index in [9.17, 15) is 14.7 Å². The number of phenolic OH excluding ortho intramolecular Hbond substituents is 1. The highest BCUT2D eigenvalue weighted by molar-refractivity contribution is 6.09. The third-order valence-electron chi connectivity index (χ3n) is 3.21. The standard InChI is InChI=1S/C16H22O5/c1-8(2)14(17)12-10(20-5)7-11(21-6)13(16(12)19)15(18)9(3)4/h7-9,19H,1-6H3. The number of rotatable bonds is 6. The number of carbonyl (C=O) groups excluding carboxylic acids is 2. The maximum atomic E-state index is 12.3. The van der Waals surface area contributed by atoms with Crippen LogP contribution in [-0.4, -0.2) is 30.9 Å². The molecule has 1 rings (SSSR count). The van der Waals surface area contributed by atoms with Gasteiger partial charge in [0.2, 0.25) is 0 Å². The third-order valence-corrected chi connectivity index (χ3v) is 3.21. The van der Waals surface area contributed by atoms with Crippen LogP contribution in [0.4, 0.5) is 0 Å². The molecule has 0 bridgehead atoms. The van der Waals surface area contributed by atoms with Crippen LogP contribution in [0.2, 0.25) is 0 Å². The molecule has 0 atom stereocenters. The van der Waals surface area contributed by atoms with Gasteiger partial charge in [-0.3, -0.25) is 9.59 Å². The molecule has 0 radical (unpaired) electrons. The maximum absolute atomic E-state index is 12.3. The minimum Gasteiger partial charge on any atom is -0.506 e. The van der Waals surface area contributed by atoms with Gasteiger partial charge in [0.15, 0.2) is 11.6 Å². The van der Waals surface area contributed by atoms with E-state index in [0.717, 1.165) is 0 Å². The molecule has 21 heavy (non-hydrogen) atoms. The first-order chi connectivity index (χ1) is 9.76. The average Bonchev–Trinajstić information content (AvgIpc) is 2.44. The Hall–Kier alpha value is -2.04. The quantitative estimate of drug-likeness (QED) is 0.816. The van der Waals surface area contributed by atoms with Crippen LogP contribution in [0.3, 0.4) is 0 Å². The highest BCUT2D eigenvalue weighted by atomic mass is 16.5. The van der Waals surface area contributed by atoms with E-state index in [2.05, 4.69) is 0 Å². The van der Waals surface area contributed by atoms with Crippen molar-refractivity contribution in [3.63, 3.8) is 0 Å².